The average molecular weight is 391 g/mol. The number of hydrogen-bond donors (Lipinski definition) is 2. The molecule has 3 rings (SSSR count). The first-order chi connectivity index (χ1) is 12.6. The zero-order valence-electron chi connectivity index (χ0n) is 15.6. The topological polar surface area (TPSA) is 73.6 Å². The van der Waals surface area contributed by atoms with Crippen LogP contribution in [0.3, 0.4) is 0 Å². The molecular formula is C21H27ClN2O3. The normalized spacial score (nSPS) is 15.4. The van der Waals surface area contributed by atoms with Gasteiger partial charge in [0.15, 0.2) is 0 Å². The summed E-state index contributed by atoms with van der Waals surface area (Å²) >= 11 is 0. The molecule has 1 aliphatic rings. The second kappa shape index (κ2) is 9.62. The van der Waals surface area contributed by atoms with Gasteiger partial charge in [-0.2, -0.15) is 0 Å². The minimum Gasteiger partial charge on any atom is -0.497 e. The highest BCUT2D eigenvalue weighted by Gasteiger charge is 2.34. The van der Waals surface area contributed by atoms with Gasteiger partial charge in [0.25, 0.3) is 0 Å². The number of rotatable bonds is 6. The Morgan fingerprint density at radius 3 is 2.33 bits per heavy atom. The van der Waals surface area contributed by atoms with Gasteiger partial charge in [-0.1, -0.05) is 24.3 Å². The molecule has 3 N–H and O–H groups in total. The zero-order chi connectivity index (χ0) is 18.4. The summed E-state index contributed by atoms with van der Waals surface area (Å²) in [5.74, 6) is 0.859. The molecule has 2 aromatic carbocycles. The molecule has 0 atom stereocenters. The molecule has 0 radical (unpaired) electrons. The van der Waals surface area contributed by atoms with Crippen molar-refractivity contribution in [3.63, 3.8) is 0 Å². The highest BCUT2D eigenvalue weighted by atomic mass is 35.5. The lowest BCUT2D eigenvalue weighted by atomic mass is 9.74. The summed E-state index contributed by atoms with van der Waals surface area (Å²) in [7, 11) is 1.66. The van der Waals surface area contributed by atoms with Gasteiger partial charge in [-0.3, -0.25) is 4.79 Å². The number of hydrogen-bond acceptors (Lipinski definition) is 4. The first-order valence-electron chi connectivity index (χ1n) is 8.95. The quantitative estimate of drug-likeness (QED) is 0.743. The summed E-state index contributed by atoms with van der Waals surface area (Å²) in [6.45, 7) is 2.02. The Balaban J connectivity index is 0.00000261. The van der Waals surface area contributed by atoms with E-state index in [2.05, 4.69) is 17.4 Å². The average Bonchev–Trinajstić information content (AvgIpc) is 2.69. The van der Waals surface area contributed by atoms with Crippen LogP contribution in [0.4, 0.5) is 5.69 Å². The van der Waals surface area contributed by atoms with Crippen molar-refractivity contribution in [1.82, 2.24) is 5.32 Å². The van der Waals surface area contributed by atoms with Crippen molar-refractivity contribution in [2.45, 2.75) is 24.7 Å². The minimum atomic E-state index is -0.0959. The van der Waals surface area contributed by atoms with Crippen molar-refractivity contribution in [2.24, 2.45) is 0 Å². The molecule has 1 heterocycles. The predicted octanol–water partition coefficient (Wildman–Crippen LogP) is 3.11. The molecular weight excluding hydrogens is 364 g/mol. The summed E-state index contributed by atoms with van der Waals surface area (Å²) < 4.78 is 10.8. The number of carbonyl (C=O) groups excluding carboxylic acids is 1. The molecule has 0 saturated carbocycles. The van der Waals surface area contributed by atoms with E-state index in [4.69, 9.17) is 15.2 Å². The molecule has 1 saturated heterocycles. The lowest BCUT2D eigenvalue weighted by Crippen LogP contribution is -2.45. The van der Waals surface area contributed by atoms with E-state index in [0.717, 1.165) is 24.2 Å². The lowest BCUT2D eigenvalue weighted by molar-refractivity contribution is -0.120. The number of nitrogens with two attached hydrogens (primary N) is 1. The fourth-order valence-electron chi connectivity index (χ4n) is 3.43. The van der Waals surface area contributed by atoms with Crippen LogP contribution >= 0.6 is 12.4 Å². The molecule has 1 amide bonds. The maximum atomic E-state index is 12.4. The summed E-state index contributed by atoms with van der Waals surface area (Å²) in [6, 6.07) is 15.6. The fourth-order valence-corrected chi connectivity index (χ4v) is 3.43. The number of methoxy groups -OCH3 is 1. The molecule has 146 valence electrons. The van der Waals surface area contributed by atoms with E-state index < -0.39 is 0 Å². The number of nitrogens with one attached hydrogen (secondary N) is 1. The standard InChI is InChI=1S/C21H26N2O3.ClH/c1-25-19-8-4-17(5-9-19)21(10-12-26-13-11-21)15-23-20(24)14-16-2-6-18(22)7-3-16;/h2-9H,10-15,22H2,1H3,(H,23,24);1H. The van der Waals surface area contributed by atoms with Gasteiger partial charge in [-0.05, 0) is 48.2 Å². The van der Waals surface area contributed by atoms with Gasteiger partial charge < -0.3 is 20.5 Å². The molecule has 0 unspecified atom stereocenters. The number of amides is 1. The van der Waals surface area contributed by atoms with Crippen LogP contribution < -0.4 is 15.8 Å². The van der Waals surface area contributed by atoms with Gasteiger partial charge in [0.1, 0.15) is 5.75 Å². The van der Waals surface area contributed by atoms with Crippen LogP contribution in [0.15, 0.2) is 48.5 Å². The third-order valence-corrected chi connectivity index (χ3v) is 5.12. The molecule has 0 bridgehead atoms. The van der Waals surface area contributed by atoms with Crippen LogP contribution in [-0.2, 0) is 21.4 Å². The maximum absolute atomic E-state index is 12.4. The van der Waals surface area contributed by atoms with Crippen LogP contribution in [0.2, 0.25) is 0 Å². The minimum absolute atomic E-state index is 0. The van der Waals surface area contributed by atoms with Crippen LogP contribution in [0.5, 0.6) is 5.75 Å². The lowest BCUT2D eigenvalue weighted by Gasteiger charge is -2.38. The summed E-state index contributed by atoms with van der Waals surface area (Å²) in [4.78, 5) is 12.4. The number of anilines is 1. The highest BCUT2D eigenvalue weighted by molar-refractivity contribution is 5.85. The number of nitrogen functional groups attached to an aromatic ring is 1. The van der Waals surface area contributed by atoms with Crippen LogP contribution in [0.1, 0.15) is 24.0 Å². The van der Waals surface area contributed by atoms with E-state index in [1.165, 1.54) is 5.56 Å². The van der Waals surface area contributed by atoms with Crippen molar-refractivity contribution in [1.29, 1.82) is 0 Å². The van der Waals surface area contributed by atoms with E-state index >= 15 is 0 Å². The van der Waals surface area contributed by atoms with Gasteiger partial charge in [0.2, 0.25) is 5.91 Å². The SMILES string of the molecule is COc1ccc(C2(CNC(=O)Cc3ccc(N)cc3)CCOCC2)cc1.Cl. The molecule has 2 aromatic rings. The Morgan fingerprint density at radius 2 is 1.74 bits per heavy atom. The molecule has 1 aliphatic heterocycles. The van der Waals surface area contributed by atoms with Gasteiger partial charge in [-0.15, -0.1) is 12.4 Å². The third kappa shape index (κ3) is 5.37. The molecule has 0 aliphatic carbocycles. The van der Waals surface area contributed by atoms with Crippen LogP contribution in [0, 0.1) is 0 Å². The number of halogens is 1. The summed E-state index contributed by atoms with van der Waals surface area (Å²) in [5.41, 5.74) is 8.48. The zero-order valence-corrected chi connectivity index (χ0v) is 16.4. The Labute approximate surface area is 166 Å². The van der Waals surface area contributed by atoms with Crippen molar-refractivity contribution < 1.29 is 14.3 Å². The first-order valence-corrected chi connectivity index (χ1v) is 8.95. The predicted molar refractivity (Wildman–Crippen MR) is 110 cm³/mol. The Bertz CT molecular complexity index is 726. The van der Waals surface area contributed by atoms with Crippen molar-refractivity contribution in [2.75, 3.05) is 32.6 Å². The van der Waals surface area contributed by atoms with E-state index in [9.17, 15) is 4.79 Å². The van der Waals surface area contributed by atoms with E-state index in [0.29, 0.717) is 31.9 Å². The first kappa shape index (κ1) is 21.1. The number of ether oxygens (including phenoxy) is 2. The highest BCUT2D eigenvalue weighted by Crippen LogP contribution is 2.35. The van der Waals surface area contributed by atoms with E-state index in [1.807, 2.05) is 36.4 Å². The Hall–Kier alpha value is -2.24. The van der Waals surface area contributed by atoms with Crippen LogP contribution in [0.25, 0.3) is 0 Å². The fraction of sp³-hybridized carbons (Fsp3) is 0.381. The van der Waals surface area contributed by atoms with Crippen molar-refractivity contribution in [3.05, 3.63) is 59.7 Å². The van der Waals surface area contributed by atoms with Gasteiger partial charge in [0, 0.05) is 30.9 Å². The van der Waals surface area contributed by atoms with Gasteiger partial charge in [0.05, 0.1) is 13.5 Å². The third-order valence-electron chi connectivity index (χ3n) is 5.12. The van der Waals surface area contributed by atoms with E-state index in [-0.39, 0.29) is 23.7 Å². The molecule has 27 heavy (non-hydrogen) atoms. The molecule has 1 fully saturated rings. The van der Waals surface area contributed by atoms with Crippen LogP contribution in [-0.4, -0.2) is 32.8 Å². The maximum Gasteiger partial charge on any atom is 0.224 e. The molecule has 0 aromatic heterocycles. The number of benzene rings is 2. The molecule has 6 heteroatoms. The summed E-state index contributed by atoms with van der Waals surface area (Å²) in [6.07, 6.45) is 2.14. The Kier molecular flexibility index (Phi) is 7.51. The van der Waals surface area contributed by atoms with Gasteiger partial charge >= 0.3 is 0 Å². The van der Waals surface area contributed by atoms with E-state index in [1.54, 1.807) is 7.11 Å². The second-order valence-electron chi connectivity index (χ2n) is 6.82. The molecule has 5 nitrogen and oxygen atoms in total. The number of carbonyl (C=O) groups is 1. The molecule has 0 spiro atoms. The largest absolute Gasteiger partial charge is 0.497 e. The van der Waals surface area contributed by atoms with Gasteiger partial charge in [-0.25, -0.2) is 0 Å². The Morgan fingerprint density at radius 1 is 1.11 bits per heavy atom. The smallest absolute Gasteiger partial charge is 0.224 e. The second-order valence-corrected chi connectivity index (χ2v) is 6.82. The van der Waals surface area contributed by atoms with Crippen molar-refractivity contribution >= 4 is 24.0 Å². The van der Waals surface area contributed by atoms with Crippen molar-refractivity contribution in [3.8, 4) is 5.75 Å². The monoisotopic (exact) mass is 390 g/mol. The summed E-state index contributed by atoms with van der Waals surface area (Å²) in [5, 5.41) is 3.13.